The lowest BCUT2D eigenvalue weighted by Crippen LogP contribution is -2.13. The molecule has 1 amide bonds. The zero-order valence-electron chi connectivity index (χ0n) is 15.5. The summed E-state index contributed by atoms with van der Waals surface area (Å²) in [5.74, 6) is -1.20. The molecule has 0 saturated heterocycles. The number of hydrogen-bond acceptors (Lipinski definition) is 3. The first kappa shape index (κ1) is 21.0. The molecular weight excluding hydrogens is 410 g/mol. The number of nitrogens with zero attached hydrogens (tertiary/aromatic N) is 1. The van der Waals surface area contributed by atoms with Gasteiger partial charge in [-0.25, -0.2) is 8.78 Å². The van der Waals surface area contributed by atoms with Crippen LogP contribution in [0, 0.1) is 23.0 Å². The Balaban J connectivity index is 1.83. The van der Waals surface area contributed by atoms with E-state index in [0.717, 1.165) is 0 Å². The molecule has 3 aromatic rings. The second-order valence-electron chi connectivity index (χ2n) is 6.19. The number of anilines is 1. The molecule has 0 atom stereocenters. The van der Waals surface area contributed by atoms with Gasteiger partial charge in [0.1, 0.15) is 35.6 Å². The third-order valence-electron chi connectivity index (χ3n) is 4.08. The minimum absolute atomic E-state index is 0.0428. The molecule has 0 spiro atoms. The van der Waals surface area contributed by atoms with Gasteiger partial charge in [0.2, 0.25) is 0 Å². The number of nitriles is 1. The van der Waals surface area contributed by atoms with Crippen LogP contribution in [0.2, 0.25) is 5.02 Å². The molecule has 30 heavy (non-hydrogen) atoms. The van der Waals surface area contributed by atoms with Gasteiger partial charge in [0.15, 0.2) is 0 Å². The molecule has 0 aromatic heterocycles. The quantitative estimate of drug-likeness (QED) is 0.405. The first-order valence-corrected chi connectivity index (χ1v) is 9.18. The summed E-state index contributed by atoms with van der Waals surface area (Å²) < 4.78 is 32.5. The molecule has 3 rings (SSSR count). The van der Waals surface area contributed by atoms with Gasteiger partial charge in [0.05, 0.1) is 0 Å². The largest absolute Gasteiger partial charge is 0.488 e. The van der Waals surface area contributed by atoms with Crippen molar-refractivity contribution in [3.8, 4) is 11.8 Å². The molecule has 0 unspecified atom stereocenters. The number of hydrogen-bond donors (Lipinski definition) is 1. The van der Waals surface area contributed by atoms with Gasteiger partial charge in [-0.3, -0.25) is 4.79 Å². The molecule has 0 fully saturated rings. The summed E-state index contributed by atoms with van der Waals surface area (Å²) in [5.41, 5.74) is 0.864. The Kier molecular flexibility index (Phi) is 6.79. The van der Waals surface area contributed by atoms with Crippen LogP contribution in [0.5, 0.6) is 5.75 Å². The minimum Gasteiger partial charge on any atom is -0.488 e. The highest BCUT2D eigenvalue weighted by Gasteiger charge is 2.13. The number of halogens is 3. The van der Waals surface area contributed by atoms with E-state index in [1.165, 1.54) is 42.5 Å². The third-order valence-corrected chi connectivity index (χ3v) is 4.31. The molecule has 0 aliphatic rings. The summed E-state index contributed by atoms with van der Waals surface area (Å²) in [6.07, 6.45) is 1.32. The Labute approximate surface area is 177 Å². The highest BCUT2D eigenvalue weighted by Crippen LogP contribution is 2.27. The van der Waals surface area contributed by atoms with Crippen molar-refractivity contribution in [2.24, 2.45) is 0 Å². The van der Waals surface area contributed by atoms with Gasteiger partial charge in [0, 0.05) is 21.8 Å². The zero-order valence-corrected chi connectivity index (χ0v) is 16.3. The summed E-state index contributed by atoms with van der Waals surface area (Å²) in [7, 11) is 0. The van der Waals surface area contributed by atoms with E-state index < -0.39 is 17.5 Å². The van der Waals surface area contributed by atoms with E-state index in [2.05, 4.69) is 5.32 Å². The third kappa shape index (κ3) is 5.43. The van der Waals surface area contributed by atoms with E-state index in [0.29, 0.717) is 27.6 Å². The monoisotopic (exact) mass is 424 g/mol. The van der Waals surface area contributed by atoms with Gasteiger partial charge in [-0.1, -0.05) is 29.8 Å². The molecule has 0 heterocycles. The Morgan fingerprint density at radius 3 is 2.53 bits per heavy atom. The number of ether oxygens (including phenoxy) is 1. The van der Waals surface area contributed by atoms with Crippen molar-refractivity contribution in [2.75, 3.05) is 5.32 Å². The van der Waals surface area contributed by atoms with Crippen LogP contribution in [-0.4, -0.2) is 5.91 Å². The Morgan fingerprint density at radius 1 is 1.10 bits per heavy atom. The number of benzene rings is 3. The predicted molar refractivity (Wildman–Crippen MR) is 111 cm³/mol. The van der Waals surface area contributed by atoms with Crippen LogP contribution in [-0.2, 0) is 11.4 Å². The molecule has 150 valence electrons. The fraction of sp³-hybridized carbons (Fsp3) is 0.0435. The summed E-state index contributed by atoms with van der Waals surface area (Å²) in [5, 5.41) is 12.3. The minimum atomic E-state index is -0.677. The molecule has 0 aliphatic heterocycles. The van der Waals surface area contributed by atoms with E-state index >= 15 is 0 Å². The molecule has 0 saturated carbocycles. The summed E-state index contributed by atoms with van der Waals surface area (Å²) in [6.45, 7) is -0.0428. The molecule has 0 radical (unpaired) electrons. The van der Waals surface area contributed by atoms with Gasteiger partial charge < -0.3 is 10.1 Å². The number of carbonyl (C=O) groups excluding carboxylic acids is 1. The van der Waals surface area contributed by atoms with Gasteiger partial charge >= 0.3 is 0 Å². The smallest absolute Gasteiger partial charge is 0.266 e. The second kappa shape index (κ2) is 9.68. The molecule has 4 nitrogen and oxygen atoms in total. The summed E-state index contributed by atoms with van der Waals surface area (Å²) in [6, 6.07) is 17.8. The maximum absolute atomic E-state index is 13.8. The summed E-state index contributed by atoms with van der Waals surface area (Å²) in [4.78, 5) is 12.4. The molecular formula is C23H15ClF2N2O2. The lowest BCUT2D eigenvalue weighted by atomic mass is 10.1. The summed E-state index contributed by atoms with van der Waals surface area (Å²) >= 11 is 6.05. The average molecular weight is 425 g/mol. The van der Waals surface area contributed by atoms with Crippen molar-refractivity contribution >= 4 is 29.3 Å². The Bertz CT molecular complexity index is 1140. The maximum atomic E-state index is 13.8. The molecule has 7 heteroatoms. The van der Waals surface area contributed by atoms with E-state index in [9.17, 15) is 18.8 Å². The van der Waals surface area contributed by atoms with Gasteiger partial charge in [0.25, 0.3) is 5.91 Å². The predicted octanol–water partition coefficient (Wildman–Crippen LogP) is 5.74. The van der Waals surface area contributed by atoms with Crippen molar-refractivity contribution < 1.29 is 18.3 Å². The van der Waals surface area contributed by atoms with Crippen LogP contribution < -0.4 is 10.1 Å². The van der Waals surface area contributed by atoms with E-state index in [1.54, 1.807) is 30.3 Å². The normalized spacial score (nSPS) is 10.9. The fourth-order valence-corrected chi connectivity index (χ4v) is 2.75. The Morgan fingerprint density at radius 2 is 1.83 bits per heavy atom. The van der Waals surface area contributed by atoms with Crippen molar-refractivity contribution in [1.82, 2.24) is 0 Å². The average Bonchev–Trinajstić information content (AvgIpc) is 2.74. The maximum Gasteiger partial charge on any atom is 0.266 e. The van der Waals surface area contributed by atoms with Crippen LogP contribution in [0.3, 0.4) is 0 Å². The van der Waals surface area contributed by atoms with E-state index in [-0.39, 0.29) is 12.2 Å². The van der Waals surface area contributed by atoms with Gasteiger partial charge in [-0.2, -0.15) is 5.26 Å². The van der Waals surface area contributed by atoms with E-state index in [4.69, 9.17) is 16.3 Å². The van der Waals surface area contributed by atoms with Crippen LogP contribution >= 0.6 is 11.6 Å². The molecule has 1 N–H and O–H groups in total. The van der Waals surface area contributed by atoms with Crippen LogP contribution in [0.4, 0.5) is 14.5 Å². The van der Waals surface area contributed by atoms with Gasteiger partial charge in [-0.15, -0.1) is 0 Å². The highest BCUT2D eigenvalue weighted by molar-refractivity contribution is 6.30. The lowest BCUT2D eigenvalue weighted by molar-refractivity contribution is -0.112. The van der Waals surface area contributed by atoms with Gasteiger partial charge in [-0.05, 0) is 54.6 Å². The number of amides is 1. The van der Waals surface area contributed by atoms with E-state index in [1.807, 2.05) is 6.07 Å². The molecule has 3 aromatic carbocycles. The van der Waals surface area contributed by atoms with Crippen molar-refractivity contribution in [3.05, 3.63) is 100 Å². The molecule has 0 bridgehead atoms. The van der Waals surface area contributed by atoms with Crippen molar-refractivity contribution in [3.63, 3.8) is 0 Å². The standard InChI is InChI=1S/C23H15ClF2N2O2/c24-18-5-10-22(30-14-15-3-1-2-4-21(15)26)16(12-18)11-17(13-27)23(29)28-20-8-6-19(25)7-9-20/h1-12H,14H2,(H,28,29)/b17-11+. The van der Waals surface area contributed by atoms with Crippen molar-refractivity contribution in [2.45, 2.75) is 6.61 Å². The highest BCUT2D eigenvalue weighted by atomic mass is 35.5. The zero-order chi connectivity index (χ0) is 21.5. The first-order valence-electron chi connectivity index (χ1n) is 8.81. The molecule has 0 aliphatic carbocycles. The topological polar surface area (TPSA) is 62.1 Å². The lowest BCUT2D eigenvalue weighted by Gasteiger charge is -2.11. The van der Waals surface area contributed by atoms with Crippen LogP contribution in [0.1, 0.15) is 11.1 Å². The first-order chi connectivity index (χ1) is 14.5. The Hall–Kier alpha value is -3.69. The number of carbonyl (C=O) groups is 1. The SMILES string of the molecule is N#C/C(=C\c1cc(Cl)ccc1OCc1ccccc1F)C(=O)Nc1ccc(F)cc1. The second-order valence-corrected chi connectivity index (χ2v) is 6.63. The van der Waals surface area contributed by atoms with Crippen LogP contribution in [0.15, 0.2) is 72.3 Å². The number of nitrogens with one attached hydrogen (secondary N) is 1. The fourth-order valence-electron chi connectivity index (χ4n) is 2.57. The number of rotatable bonds is 6. The van der Waals surface area contributed by atoms with Crippen LogP contribution in [0.25, 0.3) is 6.08 Å². The van der Waals surface area contributed by atoms with Crippen molar-refractivity contribution in [1.29, 1.82) is 5.26 Å².